The molecule has 7 heteroatoms. The van der Waals surface area contributed by atoms with Crippen molar-refractivity contribution in [2.45, 2.75) is 11.8 Å². The molecular weight excluding hydrogens is 338 g/mol. The highest BCUT2D eigenvalue weighted by Crippen LogP contribution is 2.24. The first-order valence-electron chi connectivity index (χ1n) is 6.95. The van der Waals surface area contributed by atoms with Crippen LogP contribution in [0.5, 0.6) is 11.5 Å². The third-order valence-corrected chi connectivity index (χ3v) is 4.78. The number of rotatable bonds is 7. The lowest BCUT2D eigenvalue weighted by Gasteiger charge is -2.12. The number of hydrogen-bond donors (Lipinski definition) is 1. The maximum atomic E-state index is 12.4. The van der Waals surface area contributed by atoms with E-state index < -0.39 is 10.0 Å². The Hall–Kier alpha value is -1.76. The quantitative estimate of drug-likeness (QED) is 0.775. The fraction of sp³-hybridized carbons (Fsp3) is 0.250. The van der Waals surface area contributed by atoms with Gasteiger partial charge in [0.25, 0.3) is 0 Å². The second-order valence-electron chi connectivity index (χ2n) is 4.86. The average molecular weight is 356 g/mol. The van der Waals surface area contributed by atoms with Gasteiger partial charge in [-0.05, 0) is 42.8 Å². The highest BCUT2D eigenvalue weighted by molar-refractivity contribution is 7.89. The van der Waals surface area contributed by atoms with Crippen molar-refractivity contribution in [3.05, 3.63) is 53.1 Å². The first-order valence-corrected chi connectivity index (χ1v) is 8.81. The number of benzene rings is 2. The predicted molar refractivity (Wildman–Crippen MR) is 89.9 cm³/mol. The molecule has 0 aromatic heterocycles. The highest BCUT2D eigenvalue weighted by atomic mass is 35.5. The Bertz CT molecular complexity index is 777. The van der Waals surface area contributed by atoms with Crippen LogP contribution in [0.3, 0.4) is 0 Å². The van der Waals surface area contributed by atoms with Gasteiger partial charge in [-0.1, -0.05) is 23.7 Å². The molecule has 23 heavy (non-hydrogen) atoms. The van der Waals surface area contributed by atoms with Gasteiger partial charge in [0.1, 0.15) is 23.0 Å². The Morgan fingerprint density at radius 2 is 1.96 bits per heavy atom. The van der Waals surface area contributed by atoms with Gasteiger partial charge in [0.15, 0.2) is 0 Å². The fourth-order valence-electron chi connectivity index (χ4n) is 1.97. The average Bonchev–Trinajstić information content (AvgIpc) is 2.52. The standard InChI is InChI=1S/C16H18ClNO4S/c1-12-6-7-15(21-2)16(10-12)23(19,20)18-8-9-22-14-5-3-4-13(17)11-14/h3-7,10-11,18H,8-9H2,1-2H3. The van der Waals surface area contributed by atoms with Crippen LogP contribution < -0.4 is 14.2 Å². The normalized spacial score (nSPS) is 11.3. The van der Waals surface area contributed by atoms with Gasteiger partial charge in [-0.25, -0.2) is 13.1 Å². The highest BCUT2D eigenvalue weighted by Gasteiger charge is 2.19. The van der Waals surface area contributed by atoms with Crippen LogP contribution in [0.4, 0.5) is 0 Å². The molecule has 0 unspecified atom stereocenters. The number of ether oxygens (including phenoxy) is 2. The molecule has 0 spiro atoms. The summed E-state index contributed by atoms with van der Waals surface area (Å²) in [4.78, 5) is 0.114. The van der Waals surface area contributed by atoms with Crippen LogP contribution in [0.15, 0.2) is 47.4 Å². The molecule has 0 aliphatic heterocycles. The zero-order valence-corrected chi connectivity index (χ0v) is 14.4. The van der Waals surface area contributed by atoms with Crippen molar-refractivity contribution in [1.29, 1.82) is 0 Å². The molecule has 0 radical (unpaired) electrons. The maximum absolute atomic E-state index is 12.4. The van der Waals surface area contributed by atoms with Gasteiger partial charge in [0.05, 0.1) is 7.11 Å². The summed E-state index contributed by atoms with van der Waals surface area (Å²) in [6.07, 6.45) is 0. The summed E-state index contributed by atoms with van der Waals surface area (Å²) < 4.78 is 37.8. The van der Waals surface area contributed by atoms with Crippen molar-refractivity contribution in [3.8, 4) is 11.5 Å². The van der Waals surface area contributed by atoms with Gasteiger partial charge >= 0.3 is 0 Å². The second-order valence-corrected chi connectivity index (χ2v) is 7.03. The van der Waals surface area contributed by atoms with E-state index >= 15 is 0 Å². The SMILES string of the molecule is COc1ccc(C)cc1S(=O)(=O)NCCOc1cccc(Cl)c1. The van der Waals surface area contributed by atoms with E-state index in [1.807, 2.05) is 6.92 Å². The predicted octanol–water partition coefficient (Wildman–Crippen LogP) is 3.01. The molecule has 0 saturated heterocycles. The third kappa shape index (κ3) is 4.86. The van der Waals surface area contributed by atoms with E-state index in [4.69, 9.17) is 21.1 Å². The van der Waals surface area contributed by atoms with Crippen LogP contribution >= 0.6 is 11.6 Å². The molecule has 0 saturated carbocycles. The number of sulfonamides is 1. The molecule has 0 bridgehead atoms. The fourth-order valence-corrected chi connectivity index (χ4v) is 3.42. The van der Waals surface area contributed by atoms with E-state index in [1.54, 1.807) is 42.5 Å². The molecule has 0 amide bonds. The number of hydrogen-bond acceptors (Lipinski definition) is 4. The monoisotopic (exact) mass is 355 g/mol. The molecule has 0 fully saturated rings. The van der Waals surface area contributed by atoms with E-state index in [2.05, 4.69) is 4.72 Å². The zero-order chi connectivity index (χ0) is 16.9. The van der Waals surface area contributed by atoms with E-state index in [9.17, 15) is 8.42 Å². The van der Waals surface area contributed by atoms with Crippen LogP contribution in [0.25, 0.3) is 0 Å². The number of aryl methyl sites for hydroxylation is 1. The van der Waals surface area contributed by atoms with E-state index in [-0.39, 0.29) is 18.0 Å². The molecule has 2 aromatic carbocycles. The molecule has 0 aliphatic rings. The Labute approximate surface area is 141 Å². The van der Waals surface area contributed by atoms with Crippen molar-refractivity contribution < 1.29 is 17.9 Å². The number of methoxy groups -OCH3 is 1. The van der Waals surface area contributed by atoms with E-state index in [0.717, 1.165) is 5.56 Å². The number of halogens is 1. The lowest BCUT2D eigenvalue weighted by Crippen LogP contribution is -2.28. The lowest BCUT2D eigenvalue weighted by molar-refractivity contribution is 0.322. The molecule has 0 atom stereocenters. The minimum atomic E-state index is -3.67. The van der Waals surface area contributed by atoms with Crippen molar-refractivity contribution >= 4 is 21.6 Å². The first kappa shape index (κ1) is 17.6. The van der Waals surface area contributed by atoms with Gasteiger partial charge < -0.3 is 9.47 Å². The van der Waals surface area contributed by atoms with Crippen molar-refractivity contribution in [2.24, 2.45) is 0 Å². The molecule has 5 nitrogen and oxygen atoms in total. The molecule has 2 aromatic rings. The van der Waals surface area contributed by atoms with Gasteiger partial charge in [-0.15, -0.1) is 0 Å². The van der Waals surface area contributed by atoms with Crippen LogP contribution in [-0.2, 0) is 10.0 Å². The van der Waals surface area contributed by atoms with Crippen molar-refractivity contribution in [1.82, 2.24) is 4.72 Å². The molecular formula is C16H18ClNO4S. The van der Waals surface area contributed by atoms with Gasteiger partial charge in [-0.3, -0.25) is 0 Å². The summed E-state index contributed by atoms with van der Waals surface area (Å²) in [5.41, 5.74) is 0.835. The van der Waals surface area contributed by atoms with Gasteiger partial charge in [-0.2, -0.15) is 0 Å². The topological polar surface area (TPSA) is 64.6 Å². The van der Waals surface area contributed by atoms with Crippen LogP contribution in [0.2, 0.25) is 5.02 Å². The third-order valence-electron chi connectivity index (χ3n) is 3.07. The maximum Gasteiger partial charge on any atom is 0.244 e. The lowest BCUT2D eigenvalue weighted by atomic mass is 10.2. The summed E-state index contributed by atoms with van der Waals surface area (Å²) in [6.45, 7) is 2.14. The Morgan fingerprint density at radius 1 is 1.17 bits per heavy atom. The summed E-state index contributed by atoms with van der Waals surface area (Å²) in [5.74, 6) is 0.892. The van der Waals surface area contributed by atoms with Gasteiger partial charge in [0.2, 0.25) is 10.0 Å². The van der Waals surface area contributed by atoms with Crippen LogP contribution in [0, 0.1) is 6.92 Å². The minimum Gasteiger partial charge on any atom is -0.495 e. The van der Waals surface area contributed by atoms with Crippen LogP contribution in [-0.4, -0.2) is 28.7 Å². The van der Waals surface area contributed by atoms with Gasteiger partial charge in [0, 0.05) is 11.6 Å². The van der Waals surface area contributed by atoms with E-state index in [1.165, 1.54) is 7.11 Å². The van der Waals surface area contributed by atoms with Crippen molar-refractivity contribution in [2.75, 3.05) is 20.3 Å². The van der Waals surface area contributed by atoms with Crippen molar-refractivity contribution in [3.63, 3.8) is 0 Å². The Kier molecular flexibility index (Phi) is 5.87. The molecule has 1 N–H and O–H groups in total. The van der Waals surface area contributed by atoms with Crippen LogP contribution in [0.1, 0.15) is 5.56 Å². The largest absolute Gasteiger partial charge is 0.495 e. The zero-order valence-electron chi connectivity index (χ0n) is 12.9. The summed E-state index contributed by atoms with van der Waals surface area (Å²) in [5, 5.41) is 0.563. The first-order chi connectivity index (χ1) is 10.9. The molecule has 0 heterocycles. The smallest absolute Gasteiger partial charge is 0.244 e. The minimum absolute atomic E-state index is 0.114. The second kappa shape index (κ2) is 7.68. The summed E-state index contributed by atoms with van der Waals surface area (Å²) in [7, 11) is -2.23. The van der Waals surface area contributed by atoms with E-state index in [0.29, 0.717) is 16.5 Å². The summed E-state index contributed by atoms with van der Waals surface area (Å²) >= 11 is 5.85. The molecule has 0 aliphatic carbocycles. The summed E-state index contributed by atoms with van der Waals surface area (Å²) in [6, 6.07) is 11.9. The Balaban J connectivity index is 1.98. The Morgan fingerprint density at radius 3 is 2.65 bits per heavy atom. The number of nitrogens with one attached hydrogen (secondary N) is 1. The molecule has 124 valence electrons. The molecule has 2 rings (SSSR count).